The van der Waals surface area contributed by atoms with Crippen molar-refractivity contribution in [3.8, 4) is 0 Å². The van der Waals surface area contributed by atoms with Gasteiger partial charge in [-0.15, -0.1) is 0 Å². The highest BCUT2D eigenvalue weighted by Crippen LogP contribution is 2.23. The summed E-state index contributed by atoms with van der Waals surface area (Å²) in [6.45, 7) is 2.99. The summed E-state index contributed by atoms with van der Waals surface area (Å²) in [5.41, 5.74) is 0.881. The van der Waals surface area contributed by atoms with Gasteiger partial charge in [0.2, 0.25) is 0 Å². The Bertz CT molecular complexity index is 498. The van der Waals surface area contributed by atoms with Crippen LogP contribution in [0.15, 0.2) is 24.3 Å². The van der Waals surface area contributed by atoms with E-state index < -0.39 is 4.92 Å². The molecule has 0 heterocycles. The second-order valence-electron chi connectivity index (χ2n) is 5.31. The topological polar surface area (TPSA) is 58.4 Å². The molecule has 0 aromatic heterocycles. The van der Waals surface area contributed by atoms with Crippen molar-refractivity contribution in [3.05, 3.63) is 34.4 Å². The Morgan fingerprint density at radius 3 is 2.48 bits per heavy atom. The van der Waals surface area contributed by atoms with Crippen LogP contribution in [0.4, 0.5) is 11.4 Å². The van der Waals surface area contributed by atoms with E-state index in [2.05, 4.69) is 17.1 Å². The summed E-state index contributed by atoms with van der Waals surface area (Å²) in [5, 5.41) is 14.5. The maximum atomic E-state index is 10.6. The summed E-state index contributed by atoms with van der Waals surface area (Å²) in [4.78, 5) is 12.5. The van der Waals surface area contributed by atoms with Gasteiger partial charge in [-0.25, -0.2) is 0 Å². The number of thiocarbonyl (C=S) groups is 1. The van der Waals surface area contributed by atoms with Crippen LogP contribution in [0.3, 0.4) is 0 Å². The van der Waals surface area contributed by atoms with Gasteiger partial charge in [0.1, 0.15) is 0 Å². The Morgan fingerprint density at radius 2 is 1.95 bits per heavy atom. The fraction of sp³-hybridized carbons (Fsp3) is 0.533. The maximum Gasteiger partial charge on any atom is 0.269 e. The minimum absolute atomic E-state index is 0.0890. The SMILES string of the molecule is CCN(C(=S)Nc1ccc([N+](=O)[O-])cc1)C1CCCCC1. The Balaban J connectivity index is 1.99. The predicted molar refractivity (Wildman–Crippen MR) is 88.6 cm³/mol. The van der Waals surface area contributed by atoms with E-state index >= 15 is 0 Å². The molecule has 0 bridgehead atoms. The first-order chi connectivity index (χ1) is 10.1. The van der Waals surface area contributed by atoms with Gasteiger partial charge in [-0.2, -0.15) is 0 Å². The number of rotatable bonds is 4. The molecule has 2 rings (SSSR count). The van der Waals surface area contributed by atoms with Crippen molar-refractivity contribution < 1.29 is 4.92 Å². The van der Waals surface area contributed by atoms with Crippen molar-refractivity contribution in [3.63, 3.8) is 0 Å². The summed E-state index contributed by atoms with van der Waals surface area (Å²) < 4.78 is 0. The van der Waals surface area contributed by atoms with Crippen LogP contribution in [-0.2, 0) is 0 Å². The normalized spacial score (nSPS) is 15.5. The molecule has 21 heavy (non-hydrogen) atoms. The van der Waals surface area contributed by atoms with Crippen molar-refractivity contribution in [2.45, 2.75) is 45.1 Å². The number of nitrogens with one attached hydrogen (secondary N) is 1. The van der Waals surface area contributed by atoms with Crippen molar-refractivity contribution in [2.24, 2.45) is 0 Å². The minimum Gasteiger partial charge on any atom is -0.346 e. The second-order valence-corrected chi connectivity index (χ2v) is 5.70. The Kier molecular flexibility index (Phi) is 5.50. The smallest absolute Gasteiger partial charge is 0.269 e. The standard InChI is InChI=1S/C15H21N3O2S/c1-2-17(13-6-4-3-5-7-13)15(21)16-12-8-10-14(11-9-12)18(19)20/h8-11,13H,2-7H2,1H3,(H,16,21). The number of nitro benzene ring substituents is 1. The van der Waals surface area contributed by atoms with Gasteiger partial charge in [-0.3, -0.25) is 10.1 Å². The van der Waals surface area contributed by atoms with Crippen LogP contribution >= 0.6 is 12.2 Å². The van der Waals surface area contributed by atoms with E-state index in [1.165, 1.54) is 44.2 Å². The molecule has 1 aliphatic carbocycles. The van der Waals surface area contributed by atoms with E-state index in [1.807, 2.05) is 0 Å². The summed E-state index contributed by atoms with van der Waals surface area (Å²) in [6, 6.07) is 6.88. The number of nitrogens with zero attached hydrogens (tertiary/aromatic N) is 2. The van der Waals surface area contributed by atoms with E-state index in [4.69, 9.17) is 12.2 Å². The quantitative estimate of drug-likeness (QED) is 0.518. The van der Waals surface area contributed by atoms with Crippen LogP contribution < -0.4 is 5.32 Å². The summed E-state index contributed by atoms with van der Waals surface area (Å²) >= 11 is 5.50. The molecule has 6 heteroatoms. The number of nitro groups is 1. The lowest BCUT2D eigenvalue weighted by Crippen LogP contribution is -2.43. The van der Waals surface area contributed by atoms with Crippen molar-refractivity contribution in [1.29, 1.82) is 0 Å². The van der Waals surface area contributed by atoms with Crippen LogP contribution in [0.25, 0.3) is 0 Å². The molecule has 1 aromatic rings. The Hall–Kier alpha value is -1.69. The van der Waals surface area contributed by atoms with E-state index in [1.54, 1.807) is 12.1 Å². The first kappa shape index (κ1) is 15.7. The highest BCUT2D eigenvalue weighted by atomic mass is 32.1. The number of non-ortho nitro benzene ring substituents is 1. The zero-order valence-electron chi connectivity index (χ0n) is 12.2. The molecule has 0 aliphatic heterocycles. The third-order valence-electron chi connectivity index (χ3n) is 3.95. The summed E-state index contributed by atoms with van der Waals surface area (Å²) in [7, 11) is 0. The third kappa shape index (κ3) is 4.14. The van der Waals surface area contributed by atoms with Crippen LogP contribution in [0.1, 0.15) is 39.0 Å². The fourth-order valence-electron chi connectivity index (χ4n) is 2.82. The van der Waals surface area contributed by atoms with Crippen molar-refractivity contribution in [1.82, 2.24) is 4.90 Å². The molecule has 0 saturated heterocycles. The first-order valence-electron chi connectivity index (χ1n) is 7.44. The van der Waals surface area contributed by atoms with E-state index in [-0.39, 0.29) is 5.69 Å². The average molecular weight is 307 g/mol. The predicted octanol–water partition coefficient (Wildman–Crippen LogP) is 3.95. The Morgan fingerprint density at radius 1 is 1.33 bits per heavy atom. The molecule has 0 radical (unpaired) electrons. The lowest BCUT2D eigenvalue weighted by Gasteiger charge is -2.35. The highest BCUT2D eigenvalue weighted by Gasteiger charge is 2.22. The lowest BCUT2D eigenvalue weighted by molar-refractivity contribution is -0.384. The average Bonchev–Trinajstić information content (AvgIpc) is 2.49. The number of anilines is 1. The molecule has 1 aliphatic rings. The van der Waals surface area contributed by atoms with Gasteiger partial charge in [-0.05, 0) is 44.1 Å². The molecule has 1 fully saturated rings. The zero-order chi connectivity index (χ0) is 15.2. The highest BCUT2D eigenvalue weighted by molar-refractivity contribution is 7.80. The Labute approximate surface area is 130 Å². The molecule has 0 spiro atoms. The van der Waals surface area contributed by atoms with Crippen LogP contribution in [0.2, 0.25) is 0 Å². The van der Waals surface area contributed by atoms with Gasteiger partial charge in [0.25, 0.3) is 5.69 Å². The molecule has 1 saturated carbocycles. The van der Waals surface area contributed by atoms with Gasteiger partial charge in [-0.1, -0.05) is 19.3 Å². The first-order valence-corrected chi connectivity index (χ1v) is 7.84. The largest absolute Gasteiger partial charge is 0.346 e. The van der Waals surface area contributed by atoms with Gasteiger partial charge in [0.05, 0.1) is 4.92 Å². The molecule has 1 N–H and O–H groups in total. The molecule has 0 unspecified atom stereocenters. The second kappa shape index (κ2) is 7.36. The van der Waals surface area contributed by atoms with Gasteiger partial charge >= 0.3 is 0 Å². The molecular weight excluding hydrogens is 286 g/mol. The molecule has 0 atom stereocenters. The number of benzene rings is 1. The third-order valence-corrected chi connectivity index (χ3v) is 4.28. The molecular formula is C15H21N3O2S. The summed E-state index contributed by atoms with van der Waals surface area (Å²) in [5.74, 6) is 0. The van der Waals surface area contributed by atoms with Crippen LogP contribution in [-0.4, -0.2) is 27.5 Å². The molecule has 1 aromatic carbocycles. The lowest BCUT2D eigenvalue weighted by atomic mass is 9.94. The molecule has 114 valence electrons. The van der Waals surface area contributed by atoms with Crippen LogP contribution in [0, 0.1) is 10.1 Å². The zero-order valence-corrected chi connectivity index (χ0v) is 13.1. The minimum atomic E-state index is -0.400. The van der Waals surface area contributed by atoms with E-state index in [0.717, 1.165) is 12.2 Å². The molecule has 0 amide bonds. The van der Waals surface area contributed by atoms with Crippen LogP contribution in [0.5, 0.6) is 0 Å². The van der Waals surface area contributed by atoms with E-state index in [0.29, 0.717) is 11.2 Å². The maximum absolute atomic E-state index is 10.6. The van der Waals surface area contributed by atoms with Crippen molar-refractivity contribution >= 4 is 28.7 Å². The number of hydrogen-bond donors (Lipinski definition) is 1. The summed E-state index contributed by atoms with van der Waals surface area (Å²) in [6.07, 6.45) is 6.23. The monoisotopic (exact) mass is 307 g/mol. The fourth-order valence-corrected chi connectivity index (χ4v) is 3.22. The van der Waals surface area contributed by atoms with Gasteiger partial charge in [0.15, 0.2) is 5.11 Å². The van der Waals surface area contributed by atoms with E-state index in [9.17, 15) is 10.1 Å². The van der Waals surface area contributed by atoms with Gasteiger partial charge in [0, 0.05) is 30.4 Å². The van der Waals surface area contributed by atoms with Gasteiger partial charge < -0.3 is 10.2 Å². The van der Waals surface area contributed by atoms with Crippen molar-refractivity contribution in [2.75, 3.05) is 11.9 Å². The number of hydrogen-bond acceptors (Lipinski definition) is 3. The molecule has 5 nitrogen and oxygen atoms in total.